The van der Waals surface area contributed by atoms with Gasteiger partial charge in [-0.1, -0.05) is 24.3 Å². The van der Waals surface area contributed by atoms with Crippen molar-refractivity contribution in [3.05, 3.63) is 90.1 Å². The summed E-state index contributed by atoms with van der Waals surface area (Å²) in [4.78, 5) is 16.9. The molecular weight excluding hydrogens is 368 g/mol. The molecule has 1 amide bonds. The summed E-state index contributed by atoms with van der Waals surface area (Å²) in [6.07, 6.45) is 3.45. The molecule has 3 heterocycles. The maximum atomic E-state index is 12.6. The molecule has 0 aliphatic carbocycles. The van der Waals surface area contributed by atoms with Gasteiger partial charge in [0.15, 0.2) is 11.6 Å². The molecule has 29 heavy (non-hydrogen) atoms. The summed E-state index contributed by atoms with van der Waals surface area (Å²) in [6, 6.07) is 17.8. The minimum absolute atomic E-state index is 0.178. The van der Waals surface area contributed by atoms with Crippen molar-refractivity contribution >= 4 is 5.91 Å². The van der Waals surface area contributed by atoms with Crippen LogP contribution in [0.5, 0.6) is 11.7 Å². The zero-order valence-electron chi connectivity index (χ0n) is 16.1. The second-order valence-electron chi connectivity index (χ2n) is 6.51. The van der Waals surface area contributed by atoms with Gasteiger partial charge in [0.2, 0.25) is 0 Å². The van der Waals surface area contributed by atoms with E-state index in [1.54, 1.807) is 29.2 Å². The topological polar surface area (TPSA) is 82.2 Å². The Hall–Kier alpha value is -3.87. The third-order valence-electron chi connectivity index (χ3n) is 4.49. The molecule has 1 atom stereocenters. The second-order valence-corrected chi connectivity index (χ2v) is 6.51. The van der Waals surface area contributed by atoms with Gasteiger partial charge < -0.3 is 14.5 Å². The minimum Gasteiger partial charge on any atom is -0.426 e. The van der Waals surface area contributed by atoms with Gasteiger partial charge >= 0.3 is 0 Å². The second kappa shape index (κ2) is 8.02. The molecule has 3 aromatic heterocycles. The molecule has 0 bridgehead atoms. The quantitative estimate of drug-likeness (QED) is 0.528. The highest BCUT2D eigenvalue weighted by molar-refractivity contribution is 5.91. The van der Waals surface area contributed by atoms with Crippen molar-refractivity contribution in [1.82, 2.24) is 20.1 Å². The first-order valence-corrected chi connectivity index (χ1v) is 9.21. The number of carbonyl (C=O) groups excluding carboxylic acids is 1. The lowest BCUT2D eigenvalue weighted by atomic mass is 10.1. The smallest absolute Gasteiger partial charge is 0.290 e. The molecule has 4 rings (SSSR count). The van der Waals surface area contributed by atoms with Crippen molar-refractivity contribution in [1.29, 1.82) is 0 Å². The molecular formula is C22H20N4O3. The van der Waals surface area contributed by atoms with Crippen LogP contribution in [0.4, 0.5) is 0 Å². The molecule has 1 N–H and O–H groups in total. The highest BCUT2D eigenvalue weighted by atomic mass is 16.6. The zero-order valence-corrected chi connectivity index (χ0v) is 16.1. The third kappa shape index (κ3) is 4.03. The number of furan rings is 1. The van der Waals surface area contributed by atoms with Gasteiger partial charge in [-0.15, -0.1) is 0 Å². The van der Waals surface area contributed by atoms with E-state index in [9.17, 15) is 4.79 Å². The first-order valence-electron chi connectivity index (χ1n) is 9.21. The molecule has 0 radical (unpaired) electrons. The average molecular weight is 388 g/mol. The van der Waals surface area contributed by atoms with Crippen LogP contribution in [0.15, 0.2) is 77.5 Å². The molecule has 0 fully saturated rings. The van der Waals surface area contributed by atoms with E-state index in [1.165, 1.54) is 0 Å². The van der Waals surface area contributed by atoms with Gasteiger partial charge in [0.05, 0.1) is 12.2 Å². The van der Waals surface area contributed by atoms with Crippen molar-refractivity contribution < 1.29 is 13.9 Å². The third-order valence-corrected chi connectivity index (χ3v) is 4.49. The highest BCUT2D eigenvalue weighted by Crippen LogP contribution is 2.24. The Morgan fingerprint density at radius 3 is 2.66 bits per heavy atom. The Labute approximate surface area is 168 Å². The van der Waals surface area contributed by atoms with Crippen molar-refractivity contribution in [3.8, 4) is 17.5 Å². The number of para-hydroxylation sites is 1. The number of amides is 1. The predicted molar refractivity (Wildman–Crippen MR) is 107 cm³/mol. The minimum atomic E-state index is -0.328. The Bertz CT molecular complexity index is 1100. The largest absolute Gasteiger partial charge is 0.426 e. The number of carbonyl (C=O) groups is 1. The Morgan fingerprint density at radius 1 is 1.10 bits per heavy atom. The van der Waals surface area contributed by atoms with E-state index in [0.717, 1.165) is 17.1 Å². The summed E-state index contributed by atoms with van der Waals surface area (Å²) in [7, 11) is 0. The Balaban J connectivity index is 1.45. The summed E-state index contributed by atoms with van der Waals surface area (Å²) >= 11 is 0. The van der Waals surface area contributed by atoms with E-state index in [-0.39, 0.29) is 23.7 Å². The average Bonchev–Trinajstić information content (AvgIpc) is 3.36. The molecule has 0 saturated heterocycles. The maximum Gasteiger partial charge on any atom is 0.290 e. The molecule has 0 saturated carbocycles. The first kappa shape index (κ1) is 18.5. The fourth-order valence-electron chi connectivity index (χ4n) is 3.00. The number of rotatable bonds is 6. The Kier molecular flexibility index (Phi) is 5.11. The van der Waals surface area contributed by atoms with Gasteiger partial charge in [0, 0.05) is 23.5 Å². The number of hydrogen-bond acceptors (Lipinski definition) is 5. The molecule has 0 aliphatic rings. The van der Waals surface area contributed by atoms with Gasteiger partial charge in [0.1, 0.15) is 5.75 Å². The lowest BCUT2D eigenvalue weighted by Crippen LogP contribution is -2.26. The molecule has 7 nitrogen and oxygen atoms in total. The van der Waals surface area contributed by atoms with E-state index >= 15 is 0 Å². The summed E-state index contributed by atoms with van der Waals surface area (Å²) in [6.45, 7) is 3.84. The number of pyridine rings is 1. The molecule has 0 aliphatic heterocycles. The lowest BCUT2D eigenvalue weighted by molar-refractivity contribution is 0.0907. The van der Waals surface area contributed by atoms with Crippen molar-refractivity contribution in [2.75, 3.05) is 0 Å². The molecule has 146 valence electrons. The van der Waals surface area contributed by atoms with Gasteiger partial charge in [0.25, 0.3) is 11.9 Å². The van der Waals surface area contributed by atoms with Crippen LogP contribution in [0.25, 0.3) is 5.82 Å². The number of benzene rings is 1. The van der Waals surface area contributed by atoms with Crippen LogP contribution in [-0.4, -0.2) is 20.7 Å². The summed E-state index contributed by atoms with van der Waals surface area (Å²) < 4.78 is 12.9. The lowest BCUT2D eigenvalue weighted by Gasteiger charge is -2.13. The van der Waals surface area contributed by atoms with E-state index in [0.29, 0.717) is 5.75 Å². The zero-order chi connectivity index (χ0) is 20.2. The number of nitrogens with one attached hydrogen (secondary N) is 1. The van der Waals surface area contributed by atoms with Gasteiger partial charge in [-0.05, 0) is 44.2 Å². The van der Waals surface area contributed by atoms with Gasteiger partial charge in [-0.2, -0.15) is 5.10 Å². The molecule has 0 unspecified atom stereocenters. The van der Waals surface area contributed by atoms with Crippen LogP contribution in [0.2, 0.25) is 0 Å². The van der Waals surface area contributed by atoms with Crippen LogP contribution in [0.1, 0.15) is 34.8 Å². The van der Waals surface area contributed by atoms with Crippen molar-refractivity contribution in [2.45, 2.75) is 19.9 Å². The number of aromatic nitrogens is 3. The normalized spacial score (nSPS) is 11.8. The number of hydrogen-bond donors (Lipinski definition) is 1. The predicted octanol–water partition coefficient (Wildman–Crippen LogP) is 4.45. The maximum absolute atomic E-state index is 12.6. The SMILES string of the molecule is Cc1c([C@H](C)NC(=O)c2ccc(Oc3ccccc3)o2)cnn1-c1ccccn1. The molecule has 7 heteroatoms. The summed E-state index contributed by atoms with van der Waals surface area (Å²) in [5, 5.41) is 7.33. The van der Waals surface area contributed by atoms with Crippen molar-refractivity contribution in [3.63, 3.8) is 0 Å². The summed E-state index contributed by atoms with van der Waals surface area (Å²) in [5.74, 6) is 1.47. The van der Waals surface area contributed by atoms with E-state index < -0.39 is 0 Å². The van der Waals surface area contributed by atoms with Crippen LogP contribution in [-0.2, 0) is 0 Å². The van der Waals surface area contributed by atoms with Crippen molar-refractivity contribution in [2.24, 2.45) is 0 Å². The first-order chi connectivity index (χ1) is 14.1. The fraction of sp³-hybridized carbons (Fsp3) is 0.136. The summed E-state index contributed by atoms with van der Waals surface area (Å²) in [5.41, 5.74) is 1.81. The molecule has 0 spiro atoms. The van der Waals surface area contributed by atoms with E-state index in [1.807, 2.05) is 62.4 Å². The van der Waals surface area contributed by atoms with Crippen LogP contribution < -0.4 is 10.1 Å². The number of nitrogens with zero attached hydrogens (tertiary/aromatic N) is 3. The van der Waals surface area contributed by atoms with Gasteiger partial charge in [-0.25, -0.2) is 9.67 Å². The standard InChI is InChI=1S/C22H20N4O3/c1-15(18-14-24-26(16(18)2)20-10-6-7-13-23-20)25-22(27)19-11-12-21(29-19)28-17-8-4-3-5-9-17/h3-15H,1-2H3,(H,25,27)/t15-/m0/s1. The van der Waals surface area contributed by atoms with E-state index in [2.05, 4.69) is 15.4 Å². The number of ether oxygens (including phenoxy) is 1. The Morgan fingerprint density at radius 2 is 1.90 bits per heavy atom. The monoisotopic (exact) mass is 388 g/mol. The van der Waals surface area contributed by atoms with Crippen LogP contribution in [0, 0.1) is 6.92 Å². The van der Waals surface area contributed by atoms with Crippen LogP contribution >= 0.6 is 0 Å². The van der Waals surface area contributed by atoms with Crippen LogP contribution in [0.3, 0.4) is 0 Å². The highest BCUT2D eigenvalue weighted by Gasteiger charge is 2.19. The molecule has 4 aromatic rings. The molecule has 1 aromatic carbocycles. The fourth-order valence-corrected chi connectivity index (χ4v) is 3.00. The van der Waals surface area contributed by atoms with Gasteiger partial charge in [-0.3, -0.25) is 4.79 Å². The van der Waals surface area contributed by atoms with E-state index in [4.69, 9.17) is 9.15 Å².